The summed E-state index contributed by atoms with van der Waals surface area (Å²) in [6.45, 7) is 0. The van der Waals surface area contributed by atoms with Gasteiger partial charge in [-0.05, 0) is 23.4 Å². The Balaban J connectivity index is 0.000000810. The van der Waals surface area contributed by atoms with Crippen LogP contribution in [0.25, 0.3) is 0 Å². The average Bonchev–Trinajstić information content (AvgIpc) is 1.90. The normalized spacial score (nSPS) is 14.6. The quantitative estimate of drug-likeness (QED) is 0.335. The number of hydrogen-bond acceptors (Lipinski definition) is 4. The summed E-state index contributed by atoms with van der Waals surface area (Å²) in [6.07, 6.45) is 3.10. The first-order valence-corrected chi connectivity index (χ1v) is 3.18. The standard InChI is InChI=1S/C5H5NO2S.K/c7-5(8)4-2-1-3-9-6-4;/h1-3,6H,(H,7,8);/q;+1/p-1. The van der Waals surface area contributed by atoms with Crippen molar-refractivity contribution in [2.24, 2.45) is 0 Å². The summed E-state index contributed by atoms with van der Waals surface area (Å²) < 4.78 is 2.55. The van der Waals surface area contributed by atoms with Crippen molar-refractivity contribution in [3.8, 4) is 0 Å². The Hall–Kier alpha value is 0.736. The van der Waals surface area contributed by atoms with Crippen molar-refractivity contribution in [3.63, 3.8) is 0 Å². The van der Waals surface area contributed by atoms with Crippen LogP contribution in [0.4, 0.5) is 0 Å². The first-order chi connectivity index (χ1) is 4.30. The van der Waals surface area contributed by atoms with Gasteiger partial charge in [-0.2, -0.15) is 0 Å². The van der Waals surface area contributed by atoms with Gasteiger partial charge in [0.1, 0.15) is 0 Å². The van der Waals surface area contributed by atoms with Crippen molar-refractivity contribution in [2.45, 2.75) is 0 Å². The molecule has 0 atom stereocenters. The second-order valence-corrected chi connectivity index (χ2v) is 2.13. The first-order valence-electron chi connectivity index (χ1n) is 2.30. The number of hydrogen-bond donors (Lipinski definition) is 1. The number of carbonyl (C=O) groups excluding carboxylic acids is 1. The van der Waals surface area contributed by atoms with Crippen LogP contribution in [-0.2, 0) is 4.79 Å². The van der Waals surface area contributed by atoms with Gasteiger partial charge >= 0.3 is 51.4 Å². The van der Waals surface area contributed by atoms with Crippen molar-refractivity contribution >= 4 is 17.9 Å². The number of carboxylic acids is 1. The zero-order chi connectivity index (χ0) is 6.69. The third-order valence-electron chi connectivity index (χ3n) is 0.798. The molecule has 0 saturated carbocycles. The summed E-state index contributed by atoms with van der Waals surface area (Å²) in [5, 5.41) is 11.8. The molecular formula is C5H4KNO2S. The Morgan fingerprint density at radius 1 is 1.70 bits per heavy atom. The van der Waals surface area contributed by atoms with E-state index in [1.807, 2.05) is 0 Å². The molecule has 0 aliphatic carbocycles. The van der Waals surface area contributed by atoms with Crippen molar-refractivity contribution in [1.82, 2.24) is 4.72 Å². The molecule has 0 bridgehead atoms. The van der Waals surface area contributed by atoms with Crippen LogP contribution in [-0.4, -0.2) is 5.97 Å². The van der Waals surface area contributed by atoms with E-state index < -0.39 is 5.97 Å². The number of carboxylic acid groups (broad SMARTS) is 1. The predicted octanol–water partition coefficient (Wildman–Crippen LogP) is -3.61. The minimum Gasteiger partial charge on any atom is -0.543 e. The van der Waals surface area contributed by atoms with Gasteiger partial charge in [-0.15, -0.1) is 0 Å². The number of aliphatic carboxylic acids is 1. The maximum atomic E-state index is 10.1. The van der Waals surface area contributed by atoms with Gasteiger partial charge in [0.05, 0.1) is 11.7 Å². The molecule has 0 aromatic carbocycles. The smallest absolute Gasteiger partial charge is 0.543 e. The molecule has 0 radical (unpaired) electrons. The Morgan fingerprint density at radius 3 is 2.70 bits per heavy atom. The average molecular weight is 181 g/mol. The van der Waals surface area contributed by atoms with Crippen molar-refractivity contribution in [2.75, 3.05) is 0 Å². The predicted molar refractivity (Wildman–Crippen MR) is 33.0 cm³/mol. The molecule has 0 unspecified atom stereocenters. The zero-order valence-electron chi connectivity index (χ0n) is 5.46. The number of allylic oxidation sites excluding steroid dienone is 2. The van der Waals surface area contributed by atoms with Crippen LogP contribution in [0.15, 0.2) is 23.3 Å². The minimum atomic E-state index is -1.17. The van der Waals surface area contributed by atoms with Crippen LogP contribution in [0.2, 0.25) is 0 Å². The van der Waals surface area contributed by atoms with E-state index in [2.05, 4.69) is 4.72 Å². The van der Waals surface area contributed by atoms with Gasteiger partial charge in [-0.1, -0.05) is 6.08 Å². The fraction of sp³-hybridized carbons (Fsp3) is 0. The third kappa shape index (κ3) is 3.22. The van der Waals surface area contributed by atoms with Crippen LogP contribution < -0.4 is 61.2 Å². The van der Waals surface area contributed by atoms with Gasteiger partial charge in [0, 0.05) is 0 Å². The van der Waals surface area contributed by atoms with Gasteiger partial charge in [0.15, 0.2) is 0 Å². The van der Waals surface area contributed by atoms with E-state index in [-0.39, 0.29) is 57.1 Å². The van der Waals surface area contributed by atoms with Crippen LogP contribution in [0.5, 0.6) is 0 Å². The van der Waals surface area contributed by atoms with Crippen LogP contribution in [0, 0.1) is 0 Å². The Bertz CT molecular complexity index is 190. The van der Waals surface area contributed by atoms with Crippen molar-refractivity contribution in [3.05, 3.63) is 23.3 Å². The Morgan fingerprint density at radius 2 is 2.40 bits per heavy atom. The minimum absolute atomic E-state index is 0. The molecule has 0 aromatic rings. The monoisotopic (exact) mass is 181 g/mol. The molecule has 0 amide bonds. The second-order valence-electron chi connectivity index (χ2n) is 1.42. The molecule has 5 heteroatoms. The molecule has 0 aromatic heterocycles. The molecule has 1 aliphatic heterocycles. The molecule has 0 spiro atoms. The van der Waals surface area contributed by atoms with Crippen LogP contribution in [0.3, 0.4) is 0 Å². The van der Waals surface area contributed by atoms with E-state index in [0.29, 0.717) is 0 Å². The van der Waals surface area contributed by atoms with Gasteiger partial charge in [-0.25, -0.2) is 0 Å². The van der Waals surface area contributed by atoms with Crippen molar-refractivity contribution in [1.29, 1.82) is 0 Å². The molecule has 1 heterocycles. The van der Waals surface area contributed by atoms with Crippen LogP contribution in [0.1, 0.15) is 0 Å². The van der Waals surface area contributed by atoms with E-state index in [1.165, 1.54) is 18.0 Å². The second kappa shape index (κ2) is 5.39. The topological polar surface area (TPSA) is 52.2 Å². The van der Waals surface area contributed by atoms with Crippen molar-refractivity contribution < 1.29 is 61.3 Å². The largest absolute Gasteiger partial charge is 1.00 e. The zero-order valence-corrected chi connectivity index (χ0v) is 9.40. The summed E-state index contributed by atoms with van der Waals surface area (Å²) in [5.41, 5.74) is 0.113. The summed E-state index contributed by atoms with van der Waals surface area (Å²) in [4.78, 5) is 10.1. The maximum Gasteiger partial charge on any atom is 1.00 e. The SMILES string of the molecule is O=C([O-])C1=CC=CSN1.[K+]. The maximum absolute atomic E-state index is 10.1. The molecule has 48 valence electrons. The summed E-state index contributed by atoms with van der Waals surface area (Å²) in [6, 6.07) is 0. The summed E-state index contributed by atoms with van der Waals surface area (Å²) >= 11 is 1.21. The Labute approximate surface area is 106 Å². The number of nitrogens with one attached hydrogen (secondary N) is 1. The Kier molecular flexibility index (Phi) is 5.79. The molecule has 1 rings (SSSR count). The molecule has 10 heavy (non-hydrogen) atoms. The molecule has 0 saturated heterocycles. The van der Waals surface area contributed by atoms with Gasteiger partial charge in [0.2, 0.25) is 0 Å². The van der Waals surface area contributed by atoms with E-state index in [9.17, 15) is 9.90 Å². The first kappa shape index (κ1) is 10.7. The van der Waals surface area contributed by atoms with Gasteiger partial charge in [-0.3, -0.25) is 0 Å². The summed E-state index contributed by atoms with van der Waals surface area (Å²) in [7, 11) is 0. The van der Waals surface area contributed by atoms with Crippen LogP contribution >= 0.6 is 11.9 Å². The third-order valence-corrected chi connectivity index (χ3v) is 1.43. The van der Waals surface area contributed by atoms with E-state index in [1.54, 1.807) is 11.5 Å². The molecule has 1 N–H and O–H groups in total. The number of rotatable bonds is 1. The fourth-order valence-corrected chi connectivity index (χ4v) is 0.920. The van der Waals surface area contributed by atoms with E-state index >= 15 is 0 Å². The molecule has 1 aliphatic rings. The van der Waals surface area contributed by atoms with E-state index in [4.69, 9.17) is 0 Å². The van der Waals surface area contributed by atoms with Gasteiger partial charge in [0.25, 0.3) is 0 Å². The number of carbonyl (C=O) groups is 1. The molecule has 3 nitrogen and oxygen atoms in total. The van der Waals surface area contributed by atoms with E-state index in [0.717, 1.165) is 0 Å². The molecule has 0 fully saturated rings. The fourth-order valence-electron chi connectivity index (χ4n) is 0.416. The van der Waals surface area contributed by atoms with Gasteiger partial charge < -0.3 is 14.6 Å². The molecular weight excluding hydrogens is 177 g/mol. The summed E-state index contributed by atoms with van der Waals surface area (Å²) in [5.74, 6) is -1.17.